The van der Waals surface area contributed by atoms with Gasteiger partial charge in [0.1, 0.15) is 11.6 Å². The molecule has 4 nitrogen and oxygen atoms in total. The van der Waals surface area contributed by atoms with E-state index in [0.29, 0.717) is 34.9 Å². The van der Waals surface area contributed by atoms with Gasteiger partial charge in [-0.3, -0.25) is 9.36 Å². The molecule has 0 aliphatic heterocycles. The Morgan fingerprint density at radius 3 is 2.50 bits per heavy atom. The average Bonchev–Trinajstić information content (AvgIpc) is 2.80. The summed E-state index contributed by atoms with van der Waals surface area (Å²) in [6.07, 6.45) is 2.68. The van der Waals surface area contributed by atoms with Crippen molar-refractivity contribution in [3.8, 4) is 17.1 Å². The lowest BCUT2D eigenvalue weighted by Crippen LogP contribution is -2.23. The Labute approximate surface area is 197 Å². The zero-order chi connectivity index (χ0) is 22.5. The minimum atomic E-state index is -0.0200. The number of nitrogens with zero attached hydrogens (tertiary/aromatic N) is 2. The van der Waals surface area contributed by atoms with E-state index in [-0.39, 0.29) is 5.56 Å². The van der Waals surface area contributed by atoms with Crippen molar-refractivity contribution in [2.75, 3.05) is 6.61 Å². The number of benzene rings is 3. The minimum absolute atomic E-state index is 0.0200. The highest BCUT2D eigenvalue weighted by molar-refractivity contribution is 6.31. The third-order valence-corrected chi connectivity index (χ3v) is 6.06. The number of unbranched alkanes of at least 4 members (excludes halogenated alkanes) is 2. The van der Waals surface area contributed by atoms with Crippen LogP contribution in [0, 0.1) is 6.92 Å². The molecule has 0 unspecified atom stereocenters. The van der Waals surface area contributed by atoms with Crippen LogP contribution in [0.2, 0.25) is 10.0 Å². The van der Waals surface area contributed by atoms with Crippen LogP contribution in [0.25, 0.3) is 22.3 Å². The van der Waals surface area contributed by atoms with Gasteiger partial charge >= 0.3 is 0 Å². The van der Waals surface area contributed by atoms with Gasteiger partial charge in [-0.25, -0.2) is 4.98 Å². The molecule has 0 amide bonds. The monoisotopic (exact) mass is 466 g/mol. The van der Waals surface area contributed by atoms with Crippen LogP contribution in [0.1, 0.15) is 24.8 Å². The van der Waals surface area contributed by atoms with Gasteiger partial charge in [0.15, 0.2) is 0 Å². The van der Waals surface area contributed by atoms with Crippen LogP contribution in [0.15, 0.2) is 71.5 Å². The summed E-state index contributed by atoms with van der Waals surface area (Å²) in [5.41, 5.74) is 2.56. The van der Waals surface area contributed by atoms with Gasteiger partial charge in [0, 0.05) is 22.2 Å². The number of aromatic nitrogens is 2. The lowest BCUT2D eigenvalue weighted by atomic mass is 10.1. The van der Waals surface area contributed by atoms with E-state index in [9.17, 15) is 4.79 Å². The van der Waals surface area contributed by atoms with Gasteiger partial charge in [0.2, 0.25) is 0 Å². The lowest BCUT2D eigenvalue weighted by molar-refractivity contribution is 0.303. The van der Waals surface area contributed by atoms with Gasteiger partial charge in [0.05, 0.1) is 17.5 Å². The van der Waals surface area contributed by atoms with Crippen molar-refractivity contribution in [3.63, 3.8) is 0 Å². The van der Waals surface area contributed by atoms with Crippen molar-refractivity contribution < 1.29 is 4.74 Å². The molecule has 0 fully saturated rings. The average molecular weight is 467 g/mol. The fourth-order valence-electron chi connectivity index (χ4n) is 3.64. The first-order chi connectivity index (χ1) is 15.5. The standard InChI is InChI=1S/C26H24Cl2N2O2/c1-18-17-21(13-14-23(18)28)32-16-6-2-5-15-30-25(19-9-11-20(27)12-10-19)29-24-8-4-3-7-22(24)26(30)31/h3-4,7-14,17H,2,5-6,15-16H2,1H3. The Kier molecular flexibility index (Phi) is 7.13. The fraction of sp³-hybridized carbons (Fsp3) is 0.231. The number of rotatable bonds is 8. The van der Waals surface area contributed by atoms with Gasteiger partial charge in [-0.2, -0.15) is 0 Å². The second kappa shape index (κ2) is 10.2. The van der Waals surface area contributed by atoms with Gasteiger partial charge in [0.25, 0.3) is 5.56 Å². The van der Waals surface area contributed by atoms with E-state index in [1.54, 1.807) is 4.57 Å². The number of aryl methyl sites for hydroxylation is 1. The van der Waals surface area contributed by atoms with Crippen molar-refractivity contribution >= 4 is 34.1 Å². The highest BCUT2D eigenvalue weighted by Gasteiger charge is 2.12. The molecule has 0 radical (unpaired) electrons. The van der Waals surface area contributed by atoms with Crippen molar-refractivity contribution in [1.82, 2.24) is 9.55 Å². The fourth-order valence-corrected chi connectivity index (χ4v) is 3.88. The molecule has 4 aromatic rings. The maximum atomic E-state index is 13.2. The number of hydrogen-bond acceptors (Lipinski definition) is 3. The molecule has 0 aliphatic rings. The second-order valence-corrected chi connectivity index (χ2v) is 8.58. The normalized spacial score (nSPS) is 11.1. The van der Waals surface area contributed by atoms with E-state index in [0.717, 1.165) is 41.2 Å². The molecule has 0 saturated heterocycles. The molecule has 0 saturated carbocycles. The van der Waals surface area contributed by atoms with Crippen molar-refractivity contribution in [3.05, 3.63) is 92.7 Å². The summed E-state index contributed by atoms with van der Waals surface area (Å²) in [4.78, 5) is 18.0. The Balaban J connectivity index is 1.45. The van der Waals surface area contributed by atoms with E-state index in [2.05, 4.69) is 0 Å². The summed E-state index contributed by atoms with van der Waals surface area (Å²) in [6.45, 7) is 3.17. The van der Waals surface area contributed by atoms with Crippen LogP contribution < -0.4 is 10.3 Å². The van der Waals surface area contributed by atoms with E-state index >= 15 is 0 Å². The van der Waals surface area contributed by atoms with Crippen LogP contribution >= 0.6 is 23.2 Å². The molecular weight excluding hydrogens is 443 g/mol. The van der Waals surface area contributed by atoms with Crippen molar-refractivity contribution in [2.24, 2.45) is 0 Å². The molecule has 32 heavy (non-hydrogen) atoms. The summed E-state index contributed by atoms with van der Waals surface area (Å²) < 4.78 is 7.60. The third-order valence-electron chi connectivity index (χ3n) is 5.39. The van der Waals surface area contributed by atoms with E-state index < -0.39 is 0 Å². The number of ether oxygens (including phenoxy) is 1. The molecule has 164 valence electrons. The van der Waals surface area contributed by atoms with Gasteiger partial charge < -0.3 is 4.74 Å². The molecular formula is C26H24Cl2N2O2. The Hall–Kier alpha value is -2.82. The summed E-state index contributed by atoms with van der Waals surface area (Å²) in [5, 5.41) is 2.02. The zero-order valence-electron chi connectivity index (χ0n) is 17.9. The number of para-hydroxylation sites is 1. The van der Waals surface area contributed by atoms with Crippen LogP contribution in [0.4, 0.5) is 0 Å². The zero-order valence-corrected chi connectivity index (χ0v) is 19.4. The molecule has 0 N–H and O–H groups in total. The van der Waals surface area contributed by atoms with Gasteiger partial charge in [-0.1, -0.05) is 35.3 Å². The molecule has 4 rings (SSSR count). The van der Waals surface area contributed by atoms with Crippen LogP contribution in [0.3, 0.4) is 0 Å². The largest absolute Gasteiger partial charge is 0.494 e. The maximum Gasteiger partial charge on any atom is 0.261 e. The van der Waals surface area contributed by atoms with Gasteiger partial charge in [-0.15, -0.1) is 0 Å². The summed E-state index contributed by atoms with van der Waals surface area (Å²) >= 11 is 12.1. The van der Waals surface area contributed by atoms with Crippen LogP contribution in [-0.2, 0) is 6.54 Å². The second-order valence-electron chi connectivity index (χ2n) is 7.74. The molecule has 1 aromatic heterocycles. The first-order valence-electron chi connectivity index (χ1n) is 10.7. The summed E-state index contributed by atoms with van der Waals surface area (Å²) in [7, 11) is 0. The number of halogens is 2. The molecule has 0 aliphatic carbocycles. The van der Waals surface area contributed by atoms with E-state index in [4.69, 9.17) is 32.9 Å². The smallest absolute Gasteiger partial charge is 0.261 e. The van der Waals surface area contributed by atoms with Crippen molar-refractivity contribution in [1.29, 1.82) is 0 Å². The van der Waals surface area contributed by atoms with Crippen LogP contribution in [-0.4, -0.2) is 16.2 Å². The predicted octanol–water partition coefficient (Wildman–Crippen LogP) is 6.93. The van der Waals surface area contributed by atoms with E-state index in [1.807, 2.05) is 73.7 Å². The van der Waals surface area contributed by atoms with E-state index in [1.165, 1.54) is 0 Å². The Morgan fingerprint density at radius 1 is 0.938 bits per heavy atom. The molecule has 0 spiro atoms. The molecule has 1 heterocycles. The first-order valence-corrected chi connectivity index (χ1v) is 11.4. The maximum absolute atomic E-state index is 13.2. The Bertz CT molecular complexity index is 1280. The summed E-state index contributed by atoms with van der Waals surface area (Å²) in [6, 6.07) is 20.6. The Morgan fingerprint density at radius 2 is 1.72 bits per heavy atom. The highest BCUT2D eigenvalue weighted by Crippen LogP contribution is 2.23. The van der Waals surface area contributed by atoms with Gasteiger partial charge in [-0.05, 0) is 86.3 Å². The minimum Gasteiger partial charge on any atom is -0.494 e. The predicted molar refractivity (Wildman–Crippen MR) is 132 cm³/mol. The first kappa shape index (κ1) is 22.4. The third kappa shape index (κ3) is 5.14. The molecule has 3 aromatic carbocycles. The molecule has 0 atom stereocenters. The topological polar surface area (TPSA) is 44.1 Å². The van der Waals surface area contributed by atoms with Crippen molar-refractivity contribution in [2.45, 2.75) is 32.7 Å². The lowest BCUT2D eigenvalue weighted by Gasteiger charge is -2.14. The number of hydrogen-bond donors (Lipinski definition) is 0. The summed E-state index contributed by atoms with van der Waals surface area (Å²) in [5.74, 6) is 1.49. The van der Waals surface area contributed by atoms with Crippen LogP contribution in [0.5, 0.6) is 5.75 Å². The SMILES string of the molecule is Cc1cc(OCCCCCn2c(-c3ccc(Cl)cc3)nc3ccccc3c2=O)ccc1Cl. The number of fused-ring (bicyclic) bond motifs is 1. The quantitative estimate of drug-likeness (QED) is 0.264. The highest BCUT2D eigenvalue weighted by atomic mass is 35.5. The molecule has 0 bridgehead atoms. The molecule has 6 heteroatoms.